The van der Waals surface area contributed by atoms with E-state index in [0.717, 1.165) is 25.7 Å². The second kappa shape index (κ2) is 5.70. The van der Waals surface area contributed by atoms with Crippen molar-refractivity contribution in [1.82, 2.24) is 0 Å². The van der Waals surface area contributed by atoms with E-state index in [4.69, 9.17) is 9.47 Å². The molecule has 0 radical (unpaired) electrons. The third-order valence-corrected chi connectivity index (χ3v) is 3.92. The van der Waals surface area contributed by atoms with Gasteiger partial charge in [-0.05, 0) is 37.3 Å². The fourth-order valence-electron chi connectivity index (χ4n) is 2.73. The third kappa shape index (κ3) is 2.63. The van der Waals surface area contributed by atoms with Crippen molar-refractivity contribution >= 4 is 5.78 Å². The number of Topliss-reactive ketones (excluding diaryl/α,β-unsaturated/α-hetero) is 1. The van der Waals surface area contributed by atoms with E-state index in [2.05, 4.69) is 0 Å². The smallest absolute Gasteiger partial charge is 0.169 e. The highest BCUT2D eigenvalue weighted by Gasteiger charge is 2.40. The molecule has 0 bridgehead atoms. The highest BCUT2D eigenvalue weighted by atomic mass is 19.1. The Morgan fingerprint density at radius 2 is 2.00 bits per heavy atom. The first-order valence-corrected chi connectivity index (χ1v) is 6.53. The third-order valence-electron chi connectivity index (χ3n) is 3.92. The van der Waals surface area contributed by atoms with Gasteiger partial charge in [0.25, 0.3) is 0 Å². The van der Waals surface area contributed by atoms with Crippen LogP contribution < -0.4 is 4.74 Å². The maximum Gasteiger partial charge on any atom is 0.169 e. The molecule has 104 valence electrons. The number of carbonyl (C=O) groups excluding carboxylic acids is 1. The first kappa shape index (κ1) is 14.0. The standard InChI is InChI=1S/C15H19FO3/c1-18-12-7-5-6-11(14(12)16)10-13(17)15(19-2)8-3-4-9-15/h5-7H,3-4,8-10H2,1-2H3. The fourth-order valence-corrected chi connectivity index (χ4v) is 2.73. The number of hydrogen-bond donors (Lipinski definition) is 0. The van der Waals surface area contributed by atoms with Crippen LogP contribution in [0.1, 0.15) is 31.2 Å². The molecule has 1 fully saturated rings. The molecule has 1 aromatic rings. The van der Waals surface area contributed by atoms with E-state index in [1.165, 1.54) is 7.11 Å². The second-order valence-electron chi connectivity index (χ2n) is 4.94. The summed E-state index contributed by atoms with van der Waals surface area (Å²) < 4.78 is 24.4. The van der Waals surface area contributed by atoms with E-state index in [1.54, 1.807) is 25.3 Å². The van der Waals surface area contributed by atoms with Crippen molar-refractivity contribution in [1.29, 1.82) is 0 Å². The highest BCUT2D eigenvalue weighted by molar-refractivity contribution is 5.89. The summed E-state index contributed by atoms with van der Waals surface area (Å²) in [6.45, 7) is 0. The van der Waals surface area contributed by atoms with Gasteiger partial charge in [-0.2, -0.15) is 0 Å². The molecule has 0 saturated heterocycles. The molecule has 0 amide bonds. The average molecular weight is 266 g/mol. The van der Waals surface area contributed by atoms with Crippen molar-refractivity contribution in [2.45, 2.75) is 37.7 Å². The van der Waals surface area contributed by atoms with Crippen LogP contribution in [0.3, 0.4) is 0 Å². The van der Waals surface area contributed by atoms with Crippen LogP contribution in [0.2, 0.25) is 0 Å². The van der Waals surface area contributed by atoms with Gasteiger partial charge in [-0.15, -0.1) is 0 Å². The summed E-state index contributed by atoms with van der Waals surface area (Å²) in [6.07, 6.45) is 3.49. The number of hydrogen-bond acceptors (Lipinski definition) is 3. The molecule has 0 atom stereocenters. The summed E-state index contributed by atoms with van der Waals surface area (Å²) in [7, 11) is 2.97. The van der Waals surface area contributed by atoms with Crippen molar-refractivity contribution in [2.24, 2.45) is 0 Å². The van der Waals surface area contributed by atoms with Crippen LogP contribution in [0.5, 0.6) is 5.75 Å². The van der Waals surface area contributed by atoms with E-state index in [9.17, 15) is 9.18 Å². The van der Waals surface area contributed by atoms with Gasteiger partial charge in [0.05, 0.1) is 7.11 Å². The maximum atomic E-state index is 14.0. The van der Waals surface area contributed by atoms with Crippen LogP contribution in [0.15, 0.2) is 18.2 Å². The molecule has 19 heavy (non-hydrogen) atoms. The van der Waals surface area contributed by atoms with Crippen LogP contribution in [0.25, 0.3) is 0 Å². The van der Waals surface area contributed by atoms with Crippen LogP contribution in [-0.2, 0) is 16.0 Å². The van der Waals surface area contributed by atoms with Gasteiger partial charge in [-0.1, -0.05) is 12.1 Å². The molecular weight excluding hydrogens is 247 g/mol. The van der Waals surface area contributed by atoms with Gasteiger partial charge < -0.3 is 9.47 Å². The maximum absolute atomic E-state index is 14.0. The molecule has 1 aliphatic carbocycles. The Morgan fingerprint density at radius 1 is 1.32 bits per heavy atom. The summed E-state index contributed by atoms with van der Waals surface area (Å²) in [5.41, 5.74) is -0.345. The quantitative estimate of drug-likeness (QED) is 0.822. The van der Waals surface area contributed by atoms with Crippen molar-refractivity contribution in [2.75, 3.05) is 14.2 Å². The number of halogens is 1. The lowest BCUT2D eigenvalue weighted by Gasteiger charge is -2.25. The summed E-state index contributed by atoms with van der Waals surface area (Å²) in [4.78, 5) is 12.4. The van der Waals surface area contributed by atoms with E-state index in [1.807, 2.05) is 0 Å². The highest BCUT2D eigenvalue weighted by Crippen LogP contribution is 2.35. The zero-order chi connectivity index (χ0) is 13.9. The minimum absolute atomic E-state index is 0.0420. The summed E-state index contributed by atoms with van der Waals surface area (Å²) in [6, 6.07) is 4.86. The number of ketones is 1. The second-order valence-corrected chi connectivity index (χ2v) is 4.94. The van der Waals surface area contributed by atoms with Gasteiger partial charge in [-0.3, -0.25) is 4.79 Å². The number of rotatable bonds is 5. The lowest BCUT2D eigenvalue weighted by atomic mass is 9.91. The van der Waals surface area contributed by atoms with Crippen LogP contribution in [0, 0.1) is 5.82 Å². The lowest BCUT2D eigenvalue weighted by molar-refractivity contribution is -0.139. The van der Waals surface area contributed by atoms with Gasteiger partial charge in [0.1, 0.15) is 5.60 Å². The summed E-state index contributed by atoms with van der Waals surface area (Å²) >= 11 is 0. The van der Waals surface area contributed by atoms with Crippen LogP contribution in [0.4, 0.5) is 4.39 Å². The average Bonchev–Trinajstić information content (AvgIpc) is 2.91. The summed E-state index contributed by atoms with van der Waals surface area (Å²) in [5, 5.41) is 0. The fraction of sp³-hybridized carbons (Fsp3) is 0.533. The SMILES string of the molecule is COc1cccc(CC(=O)C2(OC)CCCC2)c1F. The molecule has 2 rings (SSSR count). The predicted octanol–water partition coefficient (Wildman–Crippen LogP) is 2.91. The normalized spacial score (nSPS) is 17.4. The van der Waals surface area contributed by atoms with Gasteiger partial charge in [0, 0.05) is 13.5 Å². The van der Waals surface area contributed by atoms with Gasteiger partial charge in [-0.25, -0.2) is 4.39 Å². The molecule has 3 nitrogen and oxygen atoms in total. The van der Waals surface area contributed by atoms with Crippen LogP contribution in [-0.4, -0.2) is 25.6 Å². The zero-order valence-corrected chi connectivity index (χ0v) is 11.4. The van der Waals surface area contributed by atoms with E-state index >= 15 is 0 Å². The molecular formula is C15H19FO3. The summed E-state index contributed by atoms with van der Waals surface area (Å²) in [5.74, 6) is -0.328. The Balaban J connectivity index is 2.19. The molecule has 1 saturated carbocycles. The van der Waals surface area contributed by atoms with Gasteiger partial charge >= 0.3 is 0 Å². The minimum Gasteiger partial charge on any atom is -0.494 e. The van der Waals surface area contributed by atoms with Crippen molar-refractivity contribution < 1.29 is 18.7 Å². The predicted molar refractivity (Wildman–Crippen MR) is 69.9 cm³/mol. The lowest BCUT2D eigenvalue weighted by Crippen LogP contribution is -2.39. The molecule has 0 aromatic heterocycles. The van der Waals surface area contributed by atoms with E-state index in [-0.39, 0.29) is 18.0 Å². The molecule has 0 unspecified atom stereocenters. The zero-order valence-electron chi connectivity index (χ0n) is 11.4. The monoisotopic (exact) mass is 266 g/mol. The first-order valence-electron chi connectivity index (χ1n) is 6.53. The molecule has 1 aliphatic rings. The molecule has 1 aromatic carbocycles. The van der Waals surface area contributed by atoms with E-state index < -0.39 is 11.4 Å². The molecule has 0 heterocycles. The largest absolute Gasteiger partial charge is 0.494 e. The van der Waals surface area contributed by atoms with Gasteiger partial charge in [0.2, 0.25) is 0 Å². The Kier molecular flexibility index (Phi) is 4.20. The Bertz CT molecular complexity index is 464. The van der Waals surface area contributed by atoms with Crippen molar-refractivity contribution in [3.8, 4) is 5.75 Å². The number of benzene rings is 1. The minimum atomic E-state index is -0.713. The Morgan fingerprint density at radius 3 is 2.58 bits per heavy atom. The molecule has 0 aliphatic heterocycles. The topological polar surface area (TPSA) is 35.5 Å². The van der Waals surface area contributed by atoms with Crippen LogP contribution >= 0.6 is 0 Å². The number of carbonyl (C=O) groups is 1. The number of methoxy groups -OCH3 is 2. The van der Waals surface area contributed by atoms with Crippen molar-refractivity contribution in [3.05, 3.63) is 29.6 Å². The Hall–Kier alpha value is -1.42. The molecule has 0 spiro atoms. The Labute approximate surface area is 112 Å². The number of ether oxygens (including phenoxy) is 2. The molecule has 0 N–H and O–H groups in total. The van der Waals surface area contributed by atoms with Crippen molar-refractivity contribution in [3.63, 3.8) is 0 Å². The van der Waals surface area contributed by atoms with Gasteiger partial charge in [0.15, 0.2) is 17.3 Å². The van der Waals surface area contributed by atoms with E-state index in [0.29, 0.717) is 5.56 Å². The first-order chi connectivity index (χ1) is 9.13. The molecule has 4 heteroatoms.